The van der Waals surface area contributed by atoms with Gasteiger partial charge in [0.2, 0.25) is 11.9 Å². The molecule has 3 heterocycles. The number of piperazine rings is 1. The maximum Gasteiger partial charge on any atom is 0.231 e. The van der Waals surface area contributed by atoms with Gasteiger partial charge in [-0.25, -0.2) is 0 Å². The van der Waals surface area contributed by atoms with E-state index in [1.165, 1.54) is 0 Å². The van der Waals surface area contributed by atoms with Gasteiger partial charge in [0, 0.05) is 62.3 Å². The Balaban J connectivity index is 1.26. The number of nitrogens with zero attached hydrogens (tertiary/aromatic N) is 4. The molecule has 34 heavy (non-hydrogen) atoms. The van der Waals surface area contributed by atoms with Crippen molar-refractivity contribution in [2.45, 2.75) is 51.1 Å². The van der Waals surface area contributed by atoms with Crippen molar-refractivity contribution in [3.8, 4) is 0 Å². The summed E-state index contributed by atoms with van der Waals surface area (Å²) in [6.07, 6.45) is 6.67. The molecule has 2 aliphatic rings. The first-order chi connectivity index (χ1) is 16.6. The van der Waals surface area contributed by atoms with Crippen LogP contribution in [0.3, 0.4) is 0 Å². The predicted molar refractivity (Wildman–Crippen MR) is 137 cm³/mol. The molecule has 2 aromatic heterocycles. The first-order valence-corrected chi connectivity index (χ1v) is 12.4. The molecular weight excluding hydrogens is 428 g/mol. The van der Waals surface area contributed by atoms with E-state index in [1.54, 1.807) is 0 Å². The van der Waals surface area contributed by atoms with Gasteiger partial charge in [0.15, 0.2) is 0 Å². The maximum absolute atomic E-state index is 11.9. The van der Waals surface area contributed by atoms with Gasteiger partial charge >= 0.3 is 0 Å². The molecule has 0 bridgehead atoms. The summed E-state index contributed by atoms with van der Waals surface area (Å²) in [6, 6.07) is 11.0. The second-order valence-corrected chi connectivity index (χ2v) is 9.29. The smallest absolute Gasteiger partial charge is 0.231 e. The van der Waals surface area contributed by atoms with Gasteiger partial charge in [0.05, 0.1) is 5.39 Å². The molecule has 1 aliphatic heterocycles. The summed E-state index contributed by atoms with van der Waals surface area (Å²) in [5, 5.41) is 7.98. The van der Waals surface area contributed by atoms with Crippen LogP contribution in [0.5, 0.6) is 0 Å². The Morgan fingerprint density at radius 2 is 1.79 bits per heavy atom. The van der Waals surface area contributed by atoms with Crippen molar-refractivity contribution in [2.24, 2.45) is 5.73 Å². The number of fused-ring (bicyclic) bond motifs is 1. The van der Waals surface area contributed by atoms with Crippen LogP contribution in [0, 0.1) is 0 Å². The number of carbonyl (C=O) groups is 1. The van der Waals surface area contributed by atoms with Crippen molar-refractivity contribution in [3.05, 3.63) is 36.5 Å². The maximum atomic E-state index is 11.9. The molecule has 1 amide bonds. The van der Waals surface area contributed by atoms with E-state index in [0.29, 0.717) is 24.5 Å². The van der Waals surface area contributed by atoms with Crippen molar-refractivity contribution in [1.82, 2.24) is 19.9 Å². The van der Waals surface area contributed by atoms with E-state index in [2.05, 4.69) is 49.8 Å². The Bertz CT molecular complexity index is 1110. The molecule has 180 valence electrons. The SMILES string of the molecule is CCC(=O)N1CCN(c2ccc(Nc3nc(NC4CCC(N)CC4)c4cc[nH]c4n3)cc2)CC1. The lowest BCUT2D eigenvalue weighted by atomic mass is 9.92. The van der Waals surface area contributed by atoms with E-state index >= 15 is 0 Å². The Hall–Kier alpha value is -3.33. The predicted octanol–water partition coefficient (Wildman–Crippen LogP) is 3.44. The van der Waals surface area contributed by atoms with Crippen molar-refractivity contribution >= 4 is 40.1 Å². The third-order valence-electron chi connectivity index (χ3n) is 6.95. The van der Waals surface area contributed by atoms with Crippen molar-refractivity contribution < 1.29 is 4.79 Å². The Kier molecular flexibility index (Phi) is 6.53. The summed E-state index contributed by atoms with van der Waals surface area (Å²) in [6.45, 7) is 5.18. The van der Waals surface area contributed by atoms with E-state index in [-0.39, 0.29) is 5.91 Å². The Morgan fingerprint density at radius 3 is 2.50 bits per heavy atom. The van der Waals surface area contributed by atoms with Gasteiger partial charge in [-0.2, -0.15) is 9.97 Å². The van der Waals surface area contributed by atoms with Gasteiger partial charge in [0.1, 0.15) is 11.5 Å². The molecule has 1 aliphatic carbocycles. The molecule has 9 nitrogen and oxygen atoms in total. The summed E-state index contributed by atoms with van der Waals surface area (Å²) in [4.78, 5) is 28.9. The van der Waals surface area contributed by atoms with Gasteiger partial charge in [-0.15, -0.1) is 0 Å². The number of nitrogens with one attached hydrogen (secondary N) is 3. The van der Waals surface area contributed by atoms with Gasteiger partial charge in [0.25, 0.3) is 0 Å². The van der Waals surface area contributed by atoms with Crippen LogP contribution in [0.1, 0.15) is 39.0 Å². The van der Waals surface area contributed by atoms with Crippen LogP contribution < -0.4 is 21.3 Å². The van der Waals surface area contributed by atoms with Crippen molar-refractivity contribution in [1.29, 1.82) is 0 Å². The lowest BCUT2D eigenvalue weighted by Crippen LogP contribution is -2.48. The lowest BCUT2D eigenvalue weighted by molar-refractivity contribution is -0.131. The Morgan fingerprint density at radius 1 is 1.06 bits per heavy atom. The minimum atomic E-state index is 0.235. The molecule has 3 aromatic rings. The fourth-order valence-electron chi connectivity index (χ4n) is 4.89. The van der Waals surface area contributed by atoms with Gasteiger partial charge < -0.3 is 31.2 Å². The molecule has 0 radical (unpaired) electrons. The monoisotopic (exact) mass is 462 g/mol. The zero-order chi connectivity index (χ0) is 23.5. The first kappa shape index (κ1) is 22.5. The molecule has 5 N–H and O–H groups in total. The average molecular weight is 463 g/mol. The number of anilines is 4. The van der Waals surface area contributed by atoms with Gasteiger partial charge in [-0.05, 0) is 56.0 Å². The van der Waals surface area contributed by atoms with Crippen LogP contribution in [0.15, 0.2) is 36.5 Å². The highest BCUT2D eigenvalue weighted by molar-refractivity contribution is 5.88. The molecule has 1 aromatic carbocycles. The highest BCUT2D eigenvalue weighted by Gasteiger charge is 2.21. The number of carbonyl (C=O) groups excluding carboxylic acids is 1. The zero-order valence-corrected chi connectivity index (χ0v) is 19.8. The molecule has 0 spiro atoms. The zero-order valence-electron chi connectivity index (χ0n) is 19.8. The van der Waals surface area contributed by atoms with Gasteiger partial charge in [-0.3, -0.25) is 4.79 Å². The average Bonchev–Trinajstić information content (AvgIpc) is 3.35. The molecule has 9 heteroatoms. The van der Waals surface area contributed by atoms with Crippen LogP contribution >= 0.6 is 0 Å². The number of nitrogens with two attached hydrogens (primary N) is 1. The van der Waals surface area contributed by atoms with Crippen LogP contribution in [0.25, 0.3) is 11.0 Å². The largest absolute Gasteiger partial charge is 0.368 e. The van der Waals surface area contributed by atoms with Crippen LogP contribution in [-0.2, 0) is 4.79 Å². The normalized spacial score (nSPS) is 21.0. The van der Waals surface area contributed by atoms with Crippen molar-refractivity contribution in [3.63, 3.8) is 0 Å². The molecule has 0 atom stereocenters. The number of aromatic nitrogens is 3. The number of rotatable bonds is 6. The van der Waals surface area contributed by atoms with Crippen LogP contribution in [0.2, 0.25) is 0 Å². The summed E-state index contributed by atoms with van der Waals surface area (Å²) >= 11 is 0. The third kappa shape index (κ3) is 4.94. The number of H-pyrrole nitrogens is 1. The number of hydrogen-bond acceptors (Lipinski definition) is 7. The number of aromatic amines is 1. The standard InChI is InChI=1S/C25H34N8O/c1-2-22(34)33-15-13-32(14-16-33)20-9-7-19(8-10-20)29-25-30-23-21(11-12-27-23)24(31-25)28-18-5-3-17(26)4-6-18/h7-12,17-18H,2-6,13-16,26H2,1H3,(H3,27,28,29,30,31). The van der Waals surface area contributed by atoms with Crippen LogP contribution in [0.4, 0.5) is 23.1 Å². The molecule has 5 rings (SSSR count). The van der Waals surface area contributed by atoms with E-state index in [1.807, 2.05) is 24.1 Å². The molecule has 0 unspecified atom stereocenters. The summed E-state index contributed by atoms with van der Waals surface area (Å²) < 4.78 is 0. The number of hydrogen-bond donors (Lipinski definition) is 4. The summed E-state index contributed by atoms with van der Waals surface area (Å²) in [7, 11) is 0. The van der Waals surface area contributed by atoms with Gasteiger partial charge in [-0.1, -0.05) is 6.92 Å². The molecule has 1 saturated carbocycles. The second-order valence-electron chi connectivity index (χ2n) is 9.29. The first-order valence-electron chi connectivity index (χ1n) is 12.4. The minimum absolute atomic E-state index is 0.235. The third-order valence-corrected chi connectivity index (χ3v) is 6.95. The van der Waals surface area contributed by atoms with E-state index < -0.39 is 0 Å². The fraction of sp³-hybridized carbons (Fsp3) is 0.480. The topological polar surface area (TPSA) is 115 Å². The van der Waals surface area contributed by atoms with E-state index in [9.17, 15) is 4.79 Å². The van der Waals surface area contributed by atoms with Crippen LogP contribution in [-0.4, -0.2) is 64.0 Å². The summed E-state index contributed by atoms with van der Waals surface area (Å²) in [5.74, 6) is 1.65. The van der Waals surface area contributed by atoms with E-state index in [4.69, 9.17) is 10.7 Å². The Labute approximate surface area is 200 Å². The second kappa shape index (κ2) is 9.89. The fourth-order valence-corrected chi connectivity index (χ4v) is 4.89. The molecule has 1 saturated heterocycles. The highest BCUT2D eigenvalue weighted by atomic mass is 16.2. The quantitative estimate of drug-likeness (QED) is 0.443. The highest BCUT2D eigenvalue weighted by Crippen LogP contribution is 2.27. The number of amides is 1. The molecular formula is C25H34N8O. The number of benzene rings is 1. The minimum Gasteiger partial charge on any atom is -0.368 e. The lowest BCUT2D eigenvalue weighted by Gasteiger charge is -2.36. The van der Waals surface area contributed by atoms with Crippen molar-refractivity contribution in [2.75, 3.05) is 41.7 Å². The van der Waals surface area contributed by atoms with E-state index in [0.717, 1.165) is 80.1 Å². The molecule has 2 fully saturated rings. The summed E-state index contributed by atoms with van der Waals surface area (Å²) in [5.41, 5.74) is 8.97.